The average Bonchev–Trinajstić information content (AvgIpc) is 3.25. The fraction of sp³-hybridized carbons (Fsp3) is 0.810. The van der Waals surface area contributed by atoms with E-state index in [1.165, 1.54) is 38.5 Å². The van der Waals surface area contributed by atoms with E-state index in [1.807, 2.05) is 0 Å². The molecule has 0 radical (unpaired) electrons. The summed E-state index contributed by atoms with van der Waals surface area (Å²) >= 11 is 1.10. The van der Waals surface area contributed by atoms with Crippen LogP contribution in [0.15, 0.2) is 0 Å². The Kier molecular flexibility index (Phi) is 40.1. The Labute approximate surface area is 381 Å². The van der Waals surface area contributed by atoms with Crippen molar-refractivity contribution in [2.45, 2.75) is 128 Å². The lowest BCUT2D eigenvalue weighted by molar-refractivity contribution is -0.142. The van der Waals surface area contributed by atoms with Gasteiger partial charge in [0.25, 0.3) is 0 Å². The Hall–Kier alpha value is -4.09. The molecule has 5 amide bonds. The second-order valence-corrected chi connectivity index (χ2v) is 16.1. The van der Waals surface area contributed by atoms with Crippen LogP contribution in [0, 0.1) is 0 Å². The van der Waals surface area contributed by atoms with E-state index < -0.39 is 30.0 Å². The topological polar surface area (TPSA) is 320 Å². The lowest BCUT2D eigenvalue weighted by Gasteiger charge is -2.14. The molecule has 64 heavy (non-hydrogen) atoms. The number of nitrogens with two attached hydrogens (primary N) is 1. The fourth-order valence-corrected chi connectivity index (χ4v) is 6.57. The maximum absolute atomic E-state index is 12.3. The second kappa shape index (κ2) is 42.8. The summed E-state index contributed by atoms with van der Waals surface area (Å²) in [7, 11) is 0. The number of rotatable bonds is 46. The van der Waals surface area contributed by atoms with Crippen LogP contribution in [-0.4, -0.2) is 165 Å². The van der Waals surface area contributed by atoms with Crippen molar-refractivity contribution in [2.24, 2.45) is 5.73 Å². The van der Waals surface area contributed by atoms with Gasteiger partial charge in [-0.15, -0.1) is 11.8 Å². The zero-order valence-corrected chi connectivity index (χ0v) is 38.3. The first-order valence-electron chi connectivity index (χ1n) is 22.5. The molecule has 0 saturated heterocycles. The highest BCUT2D eigenvalue weighted by Crippen LogP contribution is 2.14. The lowest BCUT2D eigenvalue weighted by Crippen LogP contribution is -2.41. The van der Waals surface area contributed by atoms with Gasteiger partial charge in [0.2, 0.25) is 29.5 Å². The Morgan fingerprint density at radius 3 is 1.34 bits per heavy atom. The van der Waals surface area contributed by atoms with Crippen molar-refractivity contribution in [3.63, 3.8) is 0 Å². The number of carboxylic acids is 3. The smallest absolute Gasteiger partial charge is 0.326 e. The van der Waals surface area contributed by atoms with Crippen LogP contribution in [0.3, 0.4) is 0 Å². The van der Waals surface area contributed by atoms with Crippen LogP contribution in [-0.2, 0) is 57.3 Å². The van der Waals surface area contributed by atoms with Crippen LogP contribution in [0.5, 0.6) is 0 Å². The highest BCUT2D eigenvalue weighted by Gasteiger charge is 2.21. The van der Waals surface area contributed by atoms with Crippen LogP contribution >= 0.6 is 11.8 Å². The maximum atomic E-state index is 12.3. The summed E-state index contributed by atoms with van der Waals surface area (Å²) < 4.78 is 21.2. The van der Waals surface area contributed by atoms with Crippen molar-refractivity contribution >= 4 is 59.2 Å². The number of aliphatic carboxylic acids is 3. The standard InChI is InChI=1S/C42H76N6O15S/c43-33(41(56)57)31-64-32-39(53)45-20-19-44-37(51)29-62-27-26-61-24-22-47-38(52)30-63-28-25-60-23-21-46-35(49)18-17-34(42(58)59)48-36(50)15-13-11-9-7-5-3-1-2-4-6-8-10-12-14-16-40(54)55/h33-34H,1-32,43H2,(H,44,51)(H,45,53)(H,46,49)(H,47,52)(H,48,50)(H,54,55)(H,56,57)(H,58,59)/t33-,34-/m0/s1. The van der Waals surface area contributed by atoms with E-state index in [2.05, 4.69) is 26.6 Å². The van der Waals surface area contributed by atoms with Gasteiger partial charge in [-0.25, -0.2) is 4.79 Å². The normalized spacial score (nSPS) is 11.9. The van der Waals surface area contributed by atoms with Crippen molar-refractivity contribution in [1.82, 2.24) is 26.6 Å². The Morgan fingerprint density at radius 2 is 0.875 bits per heavy atom. The van der Waals surface area contributed by atoms with Gasteiger partial charge >= 0.3 is 17.9 Å². The molecule has 0 aromatic heterocycles. The van der Waals surface area contributed by atoms with E-state index in [0.717, 1.165) is 56.7 Å². The monoisotopic (exact) mass is 937 g/mol. The predicted molar refractivity (Wildman–Crippen MR) is 239 cm³/mol. The molecule has 0 aromatic rings. The first kappa shape index (κ1) is 59.9. The average molecular weight is 937 g/mol. The molecule has 0 aliphatic carbocycles. The molecule has 0 aliphatic heterocycles. The summed E-state index contributed by atoms with van der Waals surface area (Å²) in [6.45, 7) is 1.51. The fourth-order valence-electron chi connectivity index (χ4n) is 5.77. The quantitative estimate of drug-likeness (QED) is 0.0389. The van der Waals surface area contributed by atoms with Crippen molar-refractivity contribution in [1.29, 1.82) is 0 Å². The zero-order valence-electron chi connectivity index (χ0n) is 37.5. The summed E-state index contributed by atoms with van der Waals surface area (Å²) in [5.41, 5.74) is 5.36. The van der Waals surface area contributed by atoms with Gasteiger partial charge in [0.15, 0.2) is 0 Å². The minimum absolute atomic E-state index is 0.0390. The third-order valence-electron chi connectivity index (χ3n) is 9.30. The van der Waals surface area contributed by atoms with E-state index in [-0.39, 0.29) is 146 Å². The summed E-state index contributed by atoms with van der Waals surface area (Å²) in [5, 5.41) is 39.8. The number of unbranched alkanes of at least 4 members (excludes halogenated alkanes) is 13. The summed E-state index contributed by atoms with van der Waals surface area (Å²) in [6, 6.07) is -2.19. The number of hydrogen-bond acceptors (Lipinski definition) is 14. The van der Waals surface area contributed by atoms with Crippen LogP contribution < -0.4 is 32.3 Å². The van der Waals surface area contributed by atoms with Gasteiger partial charge in [0.05, 0.1) is 45.4 Å². The molecule has 0 fully saturated rings. The van der Waals surface area contributed by atoms with E-state index in [4.69, 9.17) is 34.9 Å². The second-order valence-electron chi connectivity index (χ2n) is 15.0. The molecule has 0 aromatic carbocycles. The summed E-state index contributed by atoms with van der Waals surface area (Å²) in [5.74, 6) is -4.61. The highest BCUT2D eigenvalue weighted by atomic mass is 32.2. The number of carbonyl (C=O) groups excluding carboxylic acids is 5. The van der Waals surface area contributed by atoms with Gasteiger partial charge < -0.3 is 66.6 Å². The first-order valence-corrected chi connectivity index (χ1v) is 23.6. The number of thioether (sulfide) groups is 1. The number of amides is 5. The molecule has 0 spiro atoms. The Morgan fingerprint density at radius 1 is 0.453 bits per heavy atom. The molecule has 0 aliphatic rings. The molecule has 0 heterocycles. The van der Waals surface area contributed by atoms with E-state index in [0.29, 0.717) is 6.42 Å². The van der Waals surface area contributed by atoms with Crippen LogP contribution in [0.25, 0.3) is 0 Å². The van der Waals surface area contributed by atoms with Gasteiger partial charge in [0, 0.05) is 51.2 Å². The number of carbonyl (C=O) groups is 8. The van der Waals surface area contributed by atoms with Gasteiger partial charge in [-0.05, 0) is 19.3 Å². The lowest BCUT2D eigenvalue weighted by atomic mass is 10.0. The van der Waals surface area contributed by atoms with Crippen molar-refractivity contribution in [3.05, 3.63) is 0 Å². The Balaban J connectivity index is 3.65. The van der Waals surface area contributed by atoms with Gasteiger partial charge in [-0.2, -0.15) is 0 Å². The zero-order chi connectivity index (χ0) is 47.5. The SMILES string of the molecule is N[C@@H](CSCC(=O)NCCNC(=O)COCCOCCNC(=O)COCCOCCNC(=O)CC[C@H](NC(=O)CCCCCCCCCCCCCCCCC(=O)O)C(=O)O)C(=O)O. The predicted octanol–water partition coefficient (Wildman–Crippen LogP) is 1.34. The molecule has 21 nitrogen and oxygen atoms in total. The van der Waals surface area contributed by atoms with Crippen LogP contribution in [0.2, 0.25) is 0 Å². The van der Waals surface area contributed by atoms with Gasteiger partial charge in [-0.3, -0.25) is 33.6 Å². The molecule has 370 valence electrons. The molecule has 0 saturated carbocycles. The molecule has 22 heteroatoms. The van der Waals surface area contributed by atoms with E-state index in [9.17, 15) is 43.5 Å². The van der Waals surface area contributed by atoms with E-state index in [1.54, 1.807) is 0 Å². The Bertz CT molecular complexity index is 1320. The van der Waals surface area contributed by atoms with Gasteiger partial charge in [-0.1, -0.05) is 77.0 Å². The minimum atomic E-state index is -1.19. The number of ether oxygens (including phenoxy) is 4. The van der Waals surface area contributed by atoms with Crippen molar-refractivity contribution in [2.75, 3.05) is 90.5 Å². The molecular weight excluding hydrogens is 861 g/mol. The summed E-state index contributed by atoms with van der Waals surface area (Å²) in [6.07, 6.45) is 15.3. The molecule has 10 N–H and O–H groups in total. The van der Waals surface area contributed by atoms with Crippen molar-refractivity contribution < 1.29 is 72.6 Å². The highest BCUT2D eigenvalue weighted by molar-refractivity contribution is 8.00. The third kappa shape index (κ3) is 41.9. The number of carboxylic acid groups (broad SMARTS) is 3. The van der Waals surface area contributed by atoms with Gasteiger partial charge in [0.1, 0.15) is 25.3 Å². The van der Waals surface area contributed by atoms with Crippen molar-refractivity contribution in [3.8, 4) is 0 Å². The first-order chi connectivity index (χ1) is 30.8. The molecule has 0 rings (SSSR count). The number of nitrogens with one attached hydrogen (secondary N) is 5. The van der Waals surface area contributed by atoms with Crippen LogP contribution in [0.1, 0.15) is 116 Å². The maximum Gasteiger partial charge on any atom is 0.326 e. The minimum Gasteiger partial charge on any atom is -0.481 e. The van der Waals surface area contributed by atoms with Crippen LogP contribution in [0.4, 0.5) is 0 Å². The number of hydrogen-bond donors (Lipinski definition) is 9. The molecule has 2 atom stereocenters. The molecular formula is C42H76N6O15S. The van der Waals surface area contributed by atoms with E-state index >= 15 is 0 Å². The molecule has 0 unspecified atom stereocenters. The molecule has 0 bridgehead atoms. The third-order valence-corrected chi connectivity index (χ3v) is 10.4. The summed E-state index contributed by atoms with van der Waals surface area (Å²) in [4.78, 5) is 92.7. The largest absolute Gasteiger partial charge is 0.481 e.